The van der Waals surface area contributed by atoms with Crippen LogP contribution in [0.15, 0.2) is 30.6 Å². The van der Waals surface area contributed by atoms with Crippen molar-refractivity contribution in [1.29, 1.82) is 0 Å². The molecule has 3 heterocycles. The van der Waals surface area contributed by atoms with Crippen LogP contribution in [0.25, 0.3) is 5.65 Å². The lowest BCUT2D eigenvalue weighted by Crippen LogP contribution is -2.33. The smallest absolute Gasteiger partial charge is 0.138 e. The van der Waals surface area contributed by atoms with Crippen LogP contribution in [0.1, 0.15) is 12.8 Å². The number of anilines is 1. The number of hydrogen-bond acceptors (Lipinski definition) is 3. The summed E-state index contributed by atoms with van der Waals surface area (Å²) in [7, 11) is 0. The second kappa shape index (κ2) is 4.75. The topological polar surface area (TPSA) is 41.4 Å². The fraction of sp³-hybridized carbons (Fsp3) is 0.462. The Balaban J connectivity index is 1.69. The van der Waals surface area contributed by atoms with E-state index in [9.17, 15) is 0 Å². The number of nitrogens with zero attached hydrogens (tertiary/aromatic N) is 2. The first-order chi connectivity index (χ1) is 8.43. The lowest BCUT2D eigenvalue weighted by atomic mass is 10.00. The Labute approximate surface area is 101 Å². The molecule has 1 aliphatic rings. The minimum atomic E-state index is 0.738. The SMILES string of the molecule is c1cc(NC[C@@H]2CCCNC2)n2ccnc2c1. The molecule has 0 spiro atoms. The fourth-order valence-corrected chi connectivity index (χ4v) is 2.44. The molecule has 1 atom stereocenters. The van der Waals surface area contributed by atoms with Crippen LogP contribution >= 0.6 is 0 Å². The molecule has 90 valence electrons. The van der Waals surface area contributed by atoms with Crippen molar-refractivity contribution in [2.24, 2.45) is 5.92 Å². The number of rotatable bonds is 3. The zero-order valence-corrected chi connectivity index (χ0v) is 9.89. The molecule has 1 fully saturated rings. The molecular weight excluding hydrogens is 212 g/mol. The predicted molar refractivity (Wildman–Crippen MR) is 69.3 cm³/mol. The Bertz CT molecular complexity index is 485. The number of pyridine rings is 1. The van der Waals surface area contributed by atoms with Gasteiger partial charge in [-0.3, -0.25) is 4.40 Å². The molecule has 0 aliphatic carbocycles. The van der Waals surface area contributed by atoms with Crippen molar-refractivity contribution in [2.75, 3.05) is 25.0 Å². The summed E-state index contributed by atoms with van der Waals surface area (Å²) in [5, 5.41) is 6.97. The summed E-state index contributed by atoms with van der Waals surface area (Å²) in [5.41, 5.74) is 0.997. The van der Waals surface area contributed by atoms with Gasteiger partial charge in [-0.15, -0.1) is 0 Å². The van der Waals surface area contributed by atoms with E-state index in [0.29, 0.717) is 0 Å². The lowest BCUT2D eigenvalue weighted by Gasteiger charge is -2.23. The highest BCUT2D eigenvalue weighted by molar-refractivity contribution is 5.49. The quantitative estimate of drug-likeness (QED) is 0.844. The number of aromatic nitrogens is 2. The number of fused-ring (bicyclic) bond motifs is 1. The summed E-state index contributed by atoms with van der Waals surface area (Å²) in [6.45, 7) is 3.34. The maximum absolute atomic E-state index is 4.28. The van der Waals surface area contributed by atoms with Gasteiger partial charge in [0, 0.05) is 18.9 Å². The molecule has 0 aromatic carbocycles. The van der Waals surface area contributed by atoms with Gasteiger partial charge in [0.15, 0.2) is 0 Å². The average Bonchev–Trinajstić information content (AvgIpc) is 2.86. The van der Waals surface area contributed by atoms with Crippen LogP contribution in [0.2, 0.25) is 0 Å². The van der Waals surface area contributed by atoms with Gasteiger partial charge in [0.05, 0.1) is 0 Å². The Morgan fingerprint density at radius 2 is 2.47 bits per heavy atom. The van der Waals surface area contributed by atoms with Crippen molar-refractivity contribution >= 4 is 11.5 Å². The molecule has 0 saturated carbocycles. The summed E-state index contributed by atoms with van der Waals surface area (Å²) in [6, 6.07) is 6.17. The third-order valence-corrected chi connectivity index (χ3v) is 3.40. The second-order valence-electron chi connectivity index (χ2n) is 4.66. The van der Waals surface area contributed by atoms with Crippen LogP contribution in [-0.4, -0.2) is 29.0 Å². The van der Waals surface area contributed by atoms with Crippen molar-refractivity contribution in [2.45, 2.75) is 12.8 Å². The molecule has 0 unspecified atom stereocenters. The Morgan fingerprint density at radius 1 is 1.47 bits per heavy atom. The maximum Gasteiger partial charge on any atom is 0.138 e. The van der Waals surface area contributed by atoms with Gasteiger partial charge in [0.1, 0.15) is 11.5 Å². The van der Waals surface area contributed by atoms with Gasteiger partial charge in [0.2, 0.25) is 0 Å². The van der Waals surface area contributed by atoms with Crippen molar-refractivity contribution < 1.29 is 0 Å². The van der Waals surface area contributed by atoms with Crippen molar-refractivity contribution in [3.63, 3.8) is 0 Å². The van der Waals surface area contributed by atoms with E-state index in [1.54, 1.807) is 0 Å². The van der Waals surface area contributed by atoms with Crippen LogP contribution in [-0.2, 0) is 0 Å². The predicted octanol–water partition coefficient (Wildman–Crippen LogP) is 1.75. The first-order valence-electron chi connectivity index (χ1n) is 6.30. The van der Waals surface area contributed by atoms with Crippen molar-refractivity contribution in [3.05, 3.63) is 30.6 Å². The van der Waals surface area contributed by atoms with Gasteiger partial charge in [-0.05, 0) is 44.0 Å². The molecule has 4 heteroatoms. The summed E-state index contributed by atoms with van der Waals surface area (Å²) in [5.74, 6) is 1.87. The molecule has 2 N–H and O–H groups in total. The van der Waals surface area contributed by atoms with Crippen LogP contribution in [0.4, 0.5) is 5.82 Å². The van der Waals surface area contributed by atoms with Crippen LogP contribution in [0.3, 0.4) is 0 Å². The second-order valence-corrected chi connectivity index (χ2v) is 4.66. The lowest BCUT2D eigenvalue weighted by molar-refractivity contribution is 0.392. The first-order valence-corrected chi connectivity index (χ1v) is 6.30. The van der Waals surface area contributed by atoms with E-state index in [1.807, 2.05) is 24.5 Å². The molecule has 3 rings (SSSR count). The summed E-state index contributed by atoms with van der Waals surface area (Å²) < 4.78 is 2.09. The molecule has 0 radical (unpaired) electrons. The number of imidazole rings is 1. The van der Waals surface area contributed by atoms with Crippen LogP contribution in [0, 0.1) is 5.92 Å². The maximum atomic E-state index is 4.28. The van der Waals surface area contributed by atoms with Gasteiger partial charge in [0.25, 0.3) is 0 Å². The first kappa shape index (κ1) is 10.6. The fourth-order valence-electron chi connectivity index (χ4n) is 2.44. The number of nitrogens with one attached hydrogen (secondary N) is 2. The Morgan fingerprint density at radius 3 is 3.35 bits per heavy atom. The van der Waals surface area contributed by atoms with Gasteiger partial charge in [-0.1, -0.05) is 6.07 Å². The number of hydrogen-bond donors (Lipinski definition) is 2. The molecule has 4 nitrogen and oxygen atoms in total. The van der Waals surface area contributed by atoms with Gasteiger partial charge in [-0.25, -0.2) is 4.98 Å². The Hall–Kier alpha value is -1.55. The monoisotopic (exact) mass is 230 g/mol. The Kier molecular flexibility index (Phi) is 2.96. The molecular formula is C13H18N4. The third kappa shape index (κ3) is 2.26. The van der Waals surface area contributed by atoms with Gasteiger partial charge in [-0.2, -0.15) is 0 Å². The zero-order valence-electron chi connectivity index (χ0n) is 9.89. The molecule has 17 heavy (non-hydrogen) atoms. The standard InChI is InChI=1S/C13H18N4/c1-4-12-15-7-8-17(12)13(5-1)16-10-11-3-2-6-14-9-11/h1,4-5,7-8,11,14,16H,2-3,6,9-10H2/t11-/m1/s1. The molecule has 1 aliphatic heterocycles. The zero-order chi connectivity index (χ0) is 11.5. The van der Waals surface area contributed by atoms with E-state index in [4.69, 9.17) is 0 Å². The summed E-state index contributed by atoms with van der Waals surface area (Å²) in [4.78, 5) is 4.28. The van der Waals surface area contributed by atoms with E-state index in [0.717, 1.165) is 30.5 Å². The normalized spacial score (nSPS) is 20.6. The van der Waals surface area contributed by atoms with E-state index in [2.05, 4.69) is 26.1 Å². The van der Waals surface area contributed by atoms with Gasteiger partial charge < -0.3 is 10.6 Å². The average molecular weight is 230 g/mol. The van der Waals surface area contributed by atoms with Crippen LogP contribution in [0.5, 0.6) is 0 Å². The van der Waals surface area contributed by atoms with Gasteiger partial charge >= 0.3 is 0 Å². The molecule has 0 bridgehead atoms. The highest BCUT2D eigenvalue weighted by atomic mass is 15.1. The molecule has 0 amide bonds. The summed E-state index contributed by atoms with van der Waals surface area (Å²) in [6.07, 6.45) is 6.45. The minimum Gasteiger partial charge on any atom is -0.371 e. The largest absolute Gasteiger partial charge is 0.371 e. The van der Waals surface area contributed by atoms with Crippen molar-refractivity contribution in [3.8, 4) is 0 Å². The third-order valence-electron chi connectivity index (χ3n) is 3.40. The highest BCUT2D eigenvalue weighted by Crippen LogP contribution is 2.14. The molecule has 2 aromatic rings. The number of piperidine rings is 1. The highest BCUT2D eigenvalue weighted by Gasteiger charge is 2.12. The summed E-state index contributed by atoms with van der Waals surface area (Å²) >= 11 is 0. The van der Waals surface area contributed by atoms with E-state index in [-0.39, 0.29) is 0 Å². The minimum absolute atomic E-state index is 0.738. The van der Waals surface area contributed by atoms with Crippen molar-refractivity contribution in [1.82, 2.24) is 14.7 Å². The van der Waals surface area contributed by atoms with E-state index >= 15 is 0 Å². The van der Waals surface area contributed by atoms with E-state index < -0.39 is 0 Å². The molecule has 1 saturated heterocycles. The van der Waals surface area contributed by atoms with E-state index in [1.165, 1.54) is 19.4 Å². The van der Waals surface area contributed by atoms with Crippen LogP contribution < -0.4 is 10.6 Å². The molecule has 2 aromatic heterocycles.